The Morgan fingerprint density at radius 3 is 2.36 bits per heavy atom. The second-order valence-electron chi connectivity index (χ2n) is 7.31. The zero-order chi connectivity index (χ0) is 23.0. The van der Waals surface area contributed by atoms with Gasteiger partial charge in [0, 0.05) is 5.56 Å². The van der Waals surface area contributed by atoms with Gasteiger partial charge in [0.1, 0.15) is 12.4 Å². The summed E-state index contributed by atoms with van der Waals surface area (Å²) in [6.07, 6.45) is 1.58. The van der Waals surface area contributed by atoms with Crippen molar-refractivity contribution in [2.75, 3.05) is 14.2 Å². The van der Waals surface area contributed by atoms with Gasteiger partial charge in [-0.1, -0.05) is 36.4 Å². The van der Waals surface area contributed by atoms with E-state index in [1.807, 2.05) is 36.4 Å². The Kier molecular flexibility index (Phi) is 6.85. The van der Waals surface area contributed by atoms with Crippen molar-refractivity contribution in [2.24, 2.45) is 5.10 Å². The first-order valence-corrected chi connectivity index (χ1v) is 10.4. The molecule has 166 valence electrons. The fraction of sp³-hybridized carbons (Fsp3) is 0.111. The Balaban J connectivity index is 1.32. The van der Waals surface area contributed by atoms with Crippen molar-refractivity contribution in [3.05, 3.63) is 102 Å². The van der Waals surface area contributed by atoms with E-state index in [9.17, 15) is 4.79 Å². The lowest BCUT2D eigenvalue weighted by Crippen LogP contribution is -2.17. The largest absolute Gasteiger partial charge is 0.493 e. The van der Waals surface area contributed by atoms with Crippen LogP contribution in [0.15, 0.2) is 90.0 Å². The summed E-state index contributed by atoms with van der Waals surface area (Å²) in [6, 6.07) is 27.0. The molecule has 0 spiro atoms. The molecule has 0 saturated heterocycles. The van der Waals surface area contributed by atoms with E-state index in [-0.39, 0.29) is 5.91 Å². The lowest BCUT2D eigenvalue weighted by Gasteiger charge is -2.08. The van der Waals surface area contributed by atoms with Crippen molar-refractivity contribution in [1.29, 1.82) is 0 Å². The maximum Gasteiger partial charge on any atom is 0.271 e. The lowest BCUT2D eigenvalue weighted by atomic mass is 10.1. The van der Waals surface area contributed by atoms with Gasteiger partial charge in [-0.25, -0.2) is 5.43 Å². The van der Waals surface area contributed by atoms with E-state index in [4.69, 9.17) is 14.2 Å². The fourth-order valence-electron chi connectivity index (χ4n) is 3.35. The Morgan fingerprint density at radius 2 is 1.61 bits per heavy atom. The highest BCUT2D eigenvalue weighted by Gasteiger charge is 2.10. The maximum atomic E-state index is 12.3. The molecular formula is C27H24N2O4. The first-order valence-electron chi connectivity index (χ1n) is 10.4. The molecule has 1 N–H and O–H groups in total. The van der Waals surface area contributed by atoms with Crippen LogP contribution in [0.2, 0.25) is 0 Å². The van der Waals surface area contributed by atoms with Crippen LogP contribution in [-0.2, 0) is 6.61 Å². The molecule has 0 fully saturated rings. The van der Waals surface area contributed by atoms with Crippen molar-refractivity contribution in [3.63, 3.8) is 0 Å². The highest BCUT2D eigenvalue weighted by atomic mass is 16.5. The van der Waals surface area contributed by atoms with Gasteiger partial charge in [0.05, 0.1) is 20.4 Å². The molecule has 1 amide bonds. The van der Waals surface area contributed by atoms with Gasteiger partial charge in [-0.05, 0) is 70.4 Å². The van der Waals surface area contributed by atoms with E-state index in [0.717, 1.165) is 16.9 Å². The number of carbonyl (C=O) groups is 1. The molecule has 4 rings (SSSR count). The Hall–Kier alpha value is -4.32. The number of nitrogens with zero attached hydrogens (tertiary/aromatic N) is 1. The summed E-state index contributed by atoms with van der Waals surface area (Å²) in [7, 11) is 3.06. The number of ether oxygens (including phenoxy) is 3. The second kappa shape index (κ2) is 10.3. The maximum absolute atomic E-state index is 12.3. The zero-order valence-electron chi connectivity index (χ0n) is 18.4. The Morgan fingerprint density at radius 1 is 0.848 bits per heavy atom. The predicted octanol–water partition coefficient (Wildman–Crippen LogP) is 5.20. The van der Waals surface area contributed by atoms with Crippen LogP contribution < -0.4 is 19.6 Å². The van der Waals surface area contributed by atoms with Crippen LogP contribution in [-0.4, -0.2) is 26.3 Å². The molecule has 0 aliphatic rings. The van der Waals surface area contributed by atoms with Crippen molar-refractivity contribution in [1.82, 2.24) is 5.43 Å². The molecule has 0 aromatic heterocycles. The SMILES string of the molecule is COc1ccc(C(=O)N/N=C/c2ccc(OCc3ccc4ccccc4c3)cc2)cc1OC. The van der Waals surface area contributed by atoms with Crippen LogP contribution in [0.25, 0.3) is 10.8 Å². The minimum atomic E-state index is -0.345. The number of fused-ring (bicyclic) bond motifs is 1. The first-order chi connectivity index (χ1) is 16.2. The van der Waals surface area contributed by atoms with Gasteiger partial charge in [-0.3, -0.25) is 4.79 Å². The second-order valence-corrected chi connectivity index (χ2v) is 7.31. The van der Waals surface area contributed by atoms with Crippen molar-refractivity contribution in [3.8, 4) is 17.2 Å². The van der Waals surface area contributed by atoms with Crippen LogP contribution in [0.5, 0.6) is 17.2 Å². The van der Waals surface area contributed by atoms with Crippen LogP contribution in [0.3, 0.4) is 0 Å². The Bertz CT molecular complexity index is 1280. The summed E-state index contributed by atoms with van der Waals surface area (Å²) >= 11 is 0. The third-order valence-corrected chi connectivity index (χ3v) is 5.12. The van der Waals surface area contributed by atoms with E-state index in [1.54, 1.807) is 31.5 Å². The monoisotopic (exact) mass is 440 g/mol. The van der Waals surface area contributed by atoms with Gasteiger partial charge in [-0.15, -0.1) is 0 Å². The normalized spacial score (nSPS) is 10.8. The number of methoxy groups -OCH3 is 2. The highest BCUT2D eigenvalue weighted by Crippen LogP contribution is 2.27. The number of benzene rings is 4. The number of hydrogen-bond donors (Lipinski definition) is 1. The molecule has 4 aromatic rings. The molecule has 0 radical (unpaired) electrons. The molecule has 0 unspecified atom stereocenters. The molecule has 6 heteroatoms. The van der Waals surface area contributed by atoms with Gasteiger partial charge in [0.25, 0.3) is 5.91 Å². The molecule has 0 aliphatic carbocycles. The summed E-state index contributed by atoms with van der Waals surface area (Å²) < 4.78 is 16.3. The van der Waals surface area contributed by atoms with Gasteiger partial charge >= 0.3 is 0 Å². The molecule has 6 nitrogen and oxygen atoms in total. The van der Waals surface area contributed by atoms with E-state index in [1.165, 1.54) is 17.9 Å². The molecule has 0 heterocycles. The molecule has 4 aromatic carbocycles. The van der Waals surface area contributed by atoms with Gasteiger partial charge in [-0.2, -0.15) is 5.10 Å². The van der Waals surface area contributed by atoms with Gasteiger partial charge in [0.2, 0.25) is 0 Å². The fourth-order valence-corrected chi connectivity index (χ4v) is 3.35. The van der Waals surface area contributed by atoms with Crippen LogP contribution >= 0.6 is 0 Å². The number of rotatable bonds is 8. The van der Waals surface area contributed by atoms with E-state index in [0.29, 0.717) is 23.7 Å². The minimum absolute atomic E-state index is 0.345. The van der Waals surface area contributed by atoms with Crippen molar-refractivity contribution >= 4 is 22.9 Å². The molecule has 0 bridgehead atoms. The van der Waals surface area contributed by atoms with Crippen LogP contribution in [0.1, 0.15) is 21.5 Å². The predicted molar refractivity (Wildman–Crippen MR) is 129 cm³/mol. The molecule has 0 saturated carbocycles. The molecular weight excluding hydrogens is 416 g/mol. The Labute approximate surface area is 192 Å². The van der Waals surface area contributed by atoms with E-state index < -0.39 is 0 Å². The summed E-state index contributed by atoms with van der Waals surface area (Å²) in [5.74, 6) is 1.45. The summed E-state index contributed by atoms with van der Waals surface area (Å²) in [6.45, 7) is 0.486. The molecule has 0 atom stereocenters. The number of amides is 1. The van der Waals surface area contributed by atoms with Crippen molar-refractivity contribution in [2.45, 2.75) is 6.61 Å². The van der Waals surface area contributed by atoms with E-state index >= 15 is 0 Å². The van der Waals surface area contributed by atoms with E-state index in [2.05, 4.69) is 40.9 Å². The van der Waals surface area contributed by atoms with Crippen LogP contribution in [0, 0.1) is 0 Å². The highest BCUT2D eigenvalue weighted by molar-refractivity contribution is 5.95. The summed E-state index contributed by atoms with van der Waals surface area (Å²) in [4.78, 5) is 12.3. The first kappa shape index (κ1) is 21.9. The average molecular weight is 440 g/mol. The van der Waals surface area contributed by atoms with Crippen LogP contribution in [0.4, 0.5) is 0 Å². The third kappa shape index (κ3) is 5.49. The minimum Gasteiger partial charge on any atom is -0.493 e. The van der Waals surface area contributed by atoms with Gasteiger partial charge in [0.15, 0.2) is 11.5 Å². The quantitative estimate of drug-likeness (QED) is 0.302. The number of hydrazone groups is 1. The summed E-state index contributed by atoms with van der Waals surface area (Å²) in [5, 5.41) is 6.44. The smallest absolute Gasteiger partial charge is 0.271 e. The number of hydrogen-bond acceptors (Lipinski definition) is 5. The number of carbonyl (C=O) groups excluding carboxylic acids is 1. The third-order valence-electron chi connectivity index (χ3n) is 5.12. The van der Waals surface area contributed by atoms with Crippen molar-refractivity contribution < 1.29 is 19.0 Å². The average Bonchev–Trinajstić information content (AvgIpc) is 2.87. The zero-order valence-corrected chi connectivity index (χ0v) is 18.4. The lowest BCUT2D eigenvalue weighted by molar-refractivity contribution is 0.0954. The number of nitrogens with one attached hydrogen (secondary N) is 1. The summed E-state index contributed by atoms with van der Waals surface area (Å²) in [5.41, 5.74) is 4.88. The topological polar surface area (TPSA) is 69.2 Å². The molecule has 33 heavy (non-hydrogen) atoms. The molecule has 0 aliphatic heterocycles. The standard InChI is InChI=1S/C27H24N2O4/c1-31-25-14-11-23(16-26(25)32-2)27(30)29-28-17-19-8-12-24(13-9-19)33-18-20-7-10-21-5-3-4-6-22(21)15-20/h3-17H,18H2,1-2H3,(H,29,30)/b28-17+. The van der Waals surface area contributed by atoms with Gasteiger partial charge < -0.3 is 14.2 Å².